The van der Waals surface area contributed by atoms with Gasteiger partial charge in [0, 0.05) is 42.8 Å². The summed E-state index contributed by atoms with van der Waals surface area (Å²) >= 11 is 5.70. The van der Waals surface area contributed by atoms with Crippen LogP contribution in [-0.2, 0) is 19.4 Å². The highest BCUT2D eigenvalue weighted by Crippen LogP contribution is 2.31. The van der Waals surface area contributed by atoms with Crippen molar-refractivity contribution >= 4 is 17.2 Å². The summed E-state index contributed by atoms with van der Waals surface area (Å²) < 4.78 is 20.6. The average molecular weight is 562 g/mol. The number of rotatable bonds is 9. The molecule has 208 valence electrons. The van der Waals surface area contributed by atoms with Crippen LogP contribution >= 0.6 is 12.2 Å². The summed E-state index contributed by atoms with van der Waals surface area (Å²) in [7, 11) is 0. The number of aryl methyl sites for hydroxylation is 2. The van der Waals surface area contributed by atoms with Gasteiger partial charge in [-0.2, -0.15) is 0 Å². The molecule has 1 N–H and O–H groups in total. The molecular weight excluding hydrogens is 529 g/mol. The third-order valence-corrected chi connectivity index (χ3v) is 7.77. The van der Waals surface area contributed by atoms with E-state index in [1.807, 2.05) is 31.2 Å². The molecule has 0 atom stereocenters. The maximum absolute atomic E-state index is 14.2. The maximum Gasteiger partial charge on any atom is 0.439 e. The average Bonchev–Trinajstić information content (AvgIpc) is 3.64. The molecule has 0 amide bonds. The van der Waals surface area contributed by atoms with E-state index >= 15 is 0 Å². The molecule has 3 heterocycles. The molecule has 1 fully saturated rings. The van der Waals surface area contributed by atoms with Crippen LogP contribution in [0.3, 0.4) is 0 Å². The van der Waals surface area contributed by atoms with Crippen molar-refractivity contribution in [1.82, 2.24) is 24.6 Å². The molecular formula is C30H32FN5O3S. The van der Waals surface area contributed by atoms with Gasteiger partial charge >= 0.3 is 5.76 Å². The predicted octanol–water partition coefficient (Wildman–Crippen LogP) is 5.06. The Kier molecular flexibility index (Phi) is 8.35. The van der Waals surface area contributed by atoms with E-state index in [-0.39, 0.29) is 11.4 Å². The Hall–Kier alpha value is -3.92. The lowest BCUT2D eigenvalue weighted by Gasteiger charge is -2.20. The number of likely N-dealkylation sites (tertiary alicyclic amines) is 1. The van der Waals surface area contributed by atoms with E-state index in [1.54, 1.807) is 10.6 Å². The number of aromatic amines is 1. The fourth-order valence-electron chi connectivity index (χ4n) is 5.16. The minimum atomic E-state index is -0.683. The fraction of sp³-hybridized carbons (Fsp3) is 0.367. The third kappa shape index (κ3) is 5.96. The number of halogens is 1. The summed E-state index contributed by atoms with van der Waals surface area (Å²) in [4.78, 5) is 35.7. The zero-order valence-corrected chi connectivity index (χ0v) is 23.5. The number of thiocarbonyl (C=S) groups is 1. The number of unbranched alkanes of at least 4 members (excludes halogenated alkanes) is 1. The zero-order valence-electron chi connectivity index (χ0n) is 22.7. The number of H-pyrrole nitrogens is 1. The van der Waals surface area contributed by atoms with Crippen molar-refractivity contribution in [3.8, 4) is 22.5 Å². The third-order valence-electron chi connectivity index (χ3n) is 7.37. The lowest BCUT2D eigenvalue weighted by molar-refractivity contribution is 0.388. The number of hydrogen-bond acceptors (Lipinski definition) is 6. The second-order valence-corrected chi connectivity index (χ2v) is 10.7. The number of hydrogen-bond donors (Lipinski definition) is 1. The second-order valence-electron chi connectivity index (χ2n) is 10.2. The Morgan fingerprint density at radius 3 is 2.52 bits per heavy atom. The minimum absolute atomic E-state index is 0.0494. The van der Waals surface area contributed by atoms with E-state index in [2.05, 4.69) is 26.5 Å². The molecule has 40 heavy (non-hydrogen) atoms. The SMILES string of the molecule is CCCCc1nc(C)c(CC(=S)N2CCCC2)c(=O)n1Cc1ccc(-c2cc(F)ccc2-c2noc(=O)[nH]2)cc1. The van der Waals surface area contributed by atoms with Gasteiger partial charge in [-0.25, -0.2) is 14.2 Å². The highest BCUT2D eigenvalue weighted by molar-refractivity contribution is 7.80. The molecule has 1 saturated heterocycles. The Morgan fingerprint density at radius 2 is 1.85 bits per heavy atom. The largest absolute Gasteiger partial charge is 0.439 e. The molecule has 0 aliphatic carbocycles. The van der Waals surface area contributed by atoms with E-state index in [0.717, 1.165) is 66.4 Å². The number of nitrogens with zero attached hydrogens (tertiary/aromatic N) is 4. The van der Waals surface area contributed by atoms with Gasteiger partial charge in [0.1, 0.15) is 11.6 Å². The van der Waals surface area contributed by atoms with E-state index in [1.165, 1.54) is 12.1 Å². The standard InChI is InChI=1S/C30H32FN5O3S/c1-3-4-7-26-32-19(2)24(17-27(40)35-14-5-6-15-35)29(37)36(26)18-20-8-10-21(11-9-20)25-16-22(31)12-13-23(25)28-33-30(38)39-34-28/h8-13,16H,3-7,14-15,17-18H2,1-2H3,(H,33,34,38). The molecule has 0 radical (unpaired) electrons. The van der Waals surface area contributed by atoms with Crippen molar-refractivity contribution in [2.24, 2.45) is 0 Å². The van der Waals surface area contributed by atoms with Crippen molar-refractivity contribution in [2.45, 2.75) is 58.9 Å². The monoisotopic (exact) mass is 561 g/mol. The van der Waals surface area contributed by atoms with E-state index in [4.69, 9.17) is 17.2 Å². The maximum atomic E-state index is 14.2. The van der Waals surface area contributed by atoms with Gasteiger partial charge in [-0.3, -0.25) is 18.9 Å². The lowest BCUT2D eigenvalue weighted by atomic mass is 9.98. The van der Waals surface area contributed by atoms with Gasteiger partial charge in [-0.1, -0.05) is 55.0 Å². The van der Waals surface area contributed by atoms with Crippen LogP contribution in [0.5, 0.6) is 0 Å². The molecule has 0 unspecified atom stereocenters. The normalized spacial score (nSPS) is 13.2. The number of benzene rings is 2. The van der Waals surface area contributed by atoms with E-state index < -0.39 is 11.6 Å². The topological polar surface area (TPSA) is 97.0 Å². The molecule has 0 bridgehead atoms. The summed E-state index contributed by atoms with van der Waals surface area (Å²) in [5.41, 5.74) is 4.10. The summed E-state index contributed by atoms with van der Waals surface area (Å²) in [5, 5.41) is 3.76. The van der Waals surface area contributed by atoms with Crippen LogP contribution in [0, 0.1) is 12.7 Å². The molecule has 1 aliphatic rings. The van der Waals surface area contributed by atoms with Gasteiger partial charge in [0.15, 0.2) is 5.82 Å². The van der Waals surface area contributed by atoms with Crippen LogP contribution in [0.4, 0.5) is 4.39 Å². The number of nitrogens with one attached hydrogen (secondary N) is 1. The first kappa shape index (κ1) is 27.6. The lowest BCUT2D eigenvalue weighted by Crippen LogP contribution is -2.34. The Labute approximate surface area is 236 Å². The van der Waals surface area contributed by atoms with Crippen LogP contribution < -0.4 is 11.3 Å². The van der Waals surface area contributed by atoms with Crippen molar-refractivity contribution in [3.05, 3.63) is 91.8 Å². The zero-order chi connectivity index (χ0) is 28.2. The smallest absolute Gasteiger partial charge is 0.366 e. The predicted molar refractivity (Wildman–Crippen MR) is 156 cm³/mol. The fourth-order valence-corrected chi connectivity index (χ4v) is 5.49. The van der Waals surface area contributed by atoms with Gasteiger partial charge in [-0.05, 0) is 61.1 Å². The quantitative estimate of drug-likeness (QED) is 0.286. The van der Waals surface area contributed by atoms with Crippen LogP contribution in [0.25, 0.3) is 22.5 Å². The molecule has 2 aromatic heterocycles. The molecule has 4 aromatic rings. The first-order valence-electron chi connectivity index (χ1n) is 13.7. The highest BCUT2D eigenvalue weighted by atomic mass is 32.1. The van der Waals surface area contributed by atoms with E-state index in [0.29, 0.717) is 36.1 Å². The minimum Gasteiger partial charge on any atom is -0.366 e. The van der Waals surface area contributed by atoms with Crippen LogP contribution in [-0.4, -0.2) is 42.7 Å². The molecule has 0 spiro atoms. The highest BCUT2D eigenvalue weighted by Gasteiger charge is 2.20. The molecule has 2 aromatic carbocycles. The van der Waals surface area contributed by atoms with Crippen molar-refractivity contribution < 1.29 is 8.91 Å². The van der Waals surface area contributed by atoms with Gasteiger partial charge in [-0.15, -0.1) is 0 Å². The summed E-state index contributed by atoms with van der Waals surface area (Å²) in [6, 6.07) is 11.8. The molecule has 0 saturated carbocycles. The van der Waals surface area contributed by atoms with Crippen LogP contribution in [0.2, 0.25) is 0 Å². The van der Waals surface area contributed by atoms with Gasteiger partial charge < -0.3 is 4.90 Å². The van der Waals surface area contributed by atoms with Gasteiger partial charge in [0.05, 0.1) is 11.5 Å². The van der Waals surface area contributed by atoms with Crippen molar-refractivity contribution in [1.29, 1.82) is 0 Å². The summed E-state index contributed by atoms with van der Waals surface area (Å²) in [6.07, 6.45) is 5.32. The summed E-state index contributed by atoms with van der Waals surface area (Å²) in [5.74, 6) is -0.101. The Bertz CT molecular complexity index is 1630. The van der Waals surface area contributed by atoms with Crippen LogP contribution in [0.15, 0.2) is 56.6 Å². The summed E-state index contributed by atoms with van der Waals surface area (Å²) in [6.45, 7) is 6.27. The molecule has 5 rings (SSSR count). The van der Waals surface area contributed by atoms with Crippen LogP contribution in [0.1, 0.15) is 55.3 Å². The first-order valence-corrected chi connectivity index (χ1v) is 14.1. The van der Waals surface area contributed by atoms with Gasteiger partial charge in [0.2, 0.25) is 0 Å². The molecule has 10 heteroatoms. The molecule has 1 aliphatic heterocycles. The molecule has 8 nitrogen and oxygen atoms in total. The van der Waals surface area contributed by atoms with Gasteiger partial charge in [0.25, 0.3) is 5.56 Å². The van der Waals surface area contributed by atoms with Crippen molar-refractivity contribution in [3.63, 3.8) is 0 Å². The van der Waals surface area contributed by atoms with E-state index in [9.17, 15) is 14.0 Å². The number of aromatic nitrogens is 4. The Balaban J connectivity index is 1.46. The Morgan fingerprint density at radius 1 is 1.10 bits per heavy atom. The second kappa shape index (κ2) is 12.1. The van der Waals surface area contributed by atoms with Crippen molar-refractivity contribution in [2.75, 3.05) is 13.1 Å². The first-order chi connectivity index (χ1) is 19.3.